The lowest BCUT2D eigenvalue weighted by Crippen LogP contribution is -2.44. The first-order chi connectivity index (χ1) is 8.09. The van der Waals surface area contributed by atoms with Gasteiger partial charge in [0.15, 0.2) is 0 Å². The van der Waals surface area contributed by atoms with Crippen molar-refractivity contribution in [1.29, 1.82) is 0 Å². The Morgan fingerprint density at radius 1 is 1.35 bits per heavy atom. The van der Waals surface area contributed by atoms with E-state index in [1.54, 1.807) is 0 Å². The predicted octanol–water partition coefficient (Wildman–Crippen LogP) is 0.833. The summed E-state index contributed by atoms with van der Waals surface area (Å²) < 4.78 is 0. The zero-order valence-electron chi connectivity index (χ0n) is 11.5. The Morgan fingerprint density at radius 3 is 2.71 bits per heavy atom. The van der Waals surface area contributed by atoms with Crippen molar-refractivity contribution in [2.75, 3.05) is 33.7 Å². The first kappa shape index (κ1) is 14.5. The quantitative estimate of drug-likeness (QED) is 0.677. The summed E-state index contributed by atoms with van der Waals surface area (Å²) in [7, 11) is 4.15. The molecule has 2 atom stereocenters. The molecule has 17 heavy (non-hydrogen) atoms. The van der Waals surface area contributed by atoms with Crippen LogP contribution in [0.3, 0.4) is 0 Å². The Balaban J connectivity index is 2.05. The molecule has 4 nitrogen and oxygen atoms in total. The number of hydrogen-bond donors (Lipinski definition) is 2. The molecule has 0 aromatic rings. The van der Waals surface area contributed by atoms with E-state index < -0.39 is 0 Å². The van der Waals surface area contributed by atoms with Gasteiger partial charge in [-0.15, -0.1) is 0 Å². The highest BCUT2D eigenvalue weighted by Gasteiger charge is 2.23. The molecule has 2 unspecified atom stereocenters. The van der Waals surface area contributed by atoms with Gasteiger partial charge in [0, 0.05) is 19.1 Å². The van der Waals surface area contributed by atoms with Gasteiger partial charge in [-0.25, -0.2) is 0 Å². The molecule has 100 valence electrons. The summed E-state index contributed by atoms with van der Waals surface area (Å²) in [5, 5.41) is 6.41. The normalized spacial score (nSPS) is 24.9. The second kappa shape index (κ2) is 7.67. The molecule has 0 aromatic heterocycles. The average Bonchev–Trinajstić information content (AvgIpc) is 2.29. The van der Waals surface area contributed by atoms with Crippen LogP contribution in [0.4, 0.5) is 0 Å². The molecular weight excluding hydrogens is 214 g/mol. The lowest BCUT2D eigenvalue weighted by atomic mass is 9.95. The summed E-state index contributed by atoms with van der Waals surface area (Å²) in [6.45, 7) is 4.93. The molecule has 1 amide bonds. The minimum atomic E-state index is 0.181. The topological polar surface area (TPSA) is 44.4 Å². The zero-order chi connectivity index (χ0) is 12.7. The maximum absolute atomic E-state index is 11.8. The van der Waals surface area contributed by atoms with E-state index >= 15 is 0 Å². The summed E-state index contributed by atoms with van der Waals surface area (Å²) >= 11 is 0. The third kappa shape index (κ3) is 6.03. The van der Waals surface area contributed by atoms with E-state index in [4.69, 9.17) is 0 Å². The highest BCUT2D eigenvalue weighted by molar-refractivity contribution is 5.78. The predicted molar refractivity (Wildman–Crippen MR) is 71.0 cm³/mol. The highest BCUT2D eigenvalue weighted by Crippen LogP contribution is 2.13. The molecule has 0 aliphatic carbocycles. The molecule has 1 fully saturated rings. The van der Waals surface area contributed by atoms with Gasteiger partial charge in [0.1, 0.15) is 0 Å². The van der Waals surface area contributed by atoms with Crippen molar-refractivity contribution in [3.63, 3.8) is 0 Å². The molecule has 1 heterocycles. The third-order valence-corrected chi connectivity index (χ3v) is 3.36. The molecule has 1 saturated heterocycles. The summed E-state index contributed by atoms with van der Waals surface area (Å²) in [5.41, 5.74) is 0. The molecule has 1 aliphatic rings. The van der Waals surface area contributed by atoms with E-state index in [2.05, 4.69) is 36.6 Å². The molecule has 1 rings (SSSR count). The summed E-state index contributed by atoms with van der Waals surface area (Å²) in [4.78, 5) is 14.0. The van der Waals surface area contributed by atoms with Crippen LogP contribution in [0.2, 0.25) is 0 Å². The van der Waals surface area contributed by atoms with Gasteiger partial charge in [0.2, 0.25) is 5.91 Å². The second-order valence-electron chi connectivity index (χ2n) is 5.38. The van der Waals surface area contributed by atoms with Crippen molar-refractivity contribution in [2.45, 2.75) is 38.6 Å². The van der Waals surface area contributed by atoms with E-state index in [9.17, 15) is 4.79 Å². The van der Waals surface area contributed by atoms with E-state index in [0.29, 0.717) is 6.04 Å². The standard InChI is InChI=1S/C13H27N3O/c1-11-6-7-12(10-15-11)13(17)14-8-4-5-9-16(2)3/h11-12,15H,4-10H2,1-3H3,(H,14,17). The number of nitrogens with zero attached hydrogens (tertiary/aromatic N) is 1. The van der Waals surface area contributed by atoms with Crippen molar-refractivity contribution in [3.05, 3.63) is 0 Å². The Kier molecular flexibility index (Phi) is 6.52. The van der Waals surface area contributed by atoms with E-state index in [1.807, 2.05) is 0 Å². The fourth-order valence-electron chi connectivity index (χ4n) is 2.13. The minimum absolute atomic E-state index is 0.181. The Bertz CT molecular complexity index is 223. The van der Waals surface area contributed by atoms with Crippen LogP contribution < -0.4 is 10.6 Å². The first-order valence-corrected chi connectivity index (χ1v) is 6.75. The Labute approximate surface area is 105 Å². The van der Waals surface area contributed by atoms with Crippen LogP contribution in [-0.4, -0.2) is 50.6 Å². The van der Waals surface area contributed by atoms with Crippen molar-refractivity contribution >= 4 is 5.91 Å². The number of hydrogen-bond acceptors (Lipinski definition) is 3. The van der Waals surface area contributed by atoms with Crippen molar-refractivity contribution < 1.29 is 4.79 Å². The van der Waals surface area contributed by atoms with E-state index in [1.165, 1.54) is 0 Å². The number of nitrogens with one attached hydrogen (secondary N) is 2. The largest absolute Gasteiger partial charge is 0.356 e. The second-order valence-corrected chi connectivity index (χ2v) is 5.38. The van der Waals surface area contributed by atoms with Gasteiger partial charge in [-0.2, -0.15) is 0 Å². The van der Waals surface area contributed by atoms with Gasteiger partial charge in [-0.3, -0.25) is 4.79 Å². The van der Waals surface area contributed by atoms with E-state index in [-0.39, 0.29) is 11.8 Å². The molecule has 0 aromatic carbocycles. The van der Waals surface area contributed by atoms with Crippen LogP contribution in [0.15, 0.2) is 0 Å². The molecule has 4 heteroatoms. The number of rotatable bonds is 6. The third-order valence-electron chi connectivity index (χ3n) is 3.36. The van der Waals surface area contributed by atoms with Gasteiger partial charge in [0.05, 0.1) is 5.92 Å². The minimum Gasteiger partial charge on any atom is -0.356 e. The van der Waals surface area contributed by atoms with Gasteiger partial charge >= 0.3 is 0 Å². The van der Waals surface area contributed by atoms with Crippen molar-refractivity contribution in [3.8, 4) is 0 Å². The van der Waals surface area contributed by atoms with Crippen LogP contribution in [-0.2, 0) is 4.79 Å². The summed E-state index contributed by atoms with van der Waals surface area (Å²) in [6.07, 6.45) is 4.35. The van der Waals surface area contributed by atoms with Crippen LogP contribution >= 0.6 is 0 Å². The molecule has 0 radical (unpaired) electrons. The summed E-state index contributed by atoms with van der Waals surface area (Å²) in [6, 6.07) is 0.569. The fourth-order valence-corrected chi connectivity index (χ4v) is 2.13. The van der Waals surface area contributed by atoms with Crippen LogP contribution in [0, 0.1) is 5.92 Å². The molecule has 1 aliphatic heterocycles. The average molecular weight is 241 g/mol. The van der Waals surface area contributed by atoms with Gasteiger partial charge in [0.25, 0.3) is 0 Å². The maximum Gasteiger partial charge on any atom is 0.224 e. The van der Waals surface area contributed by atoms with Crippen LogP contribution in [0.5, 0.6) is 0 Å². The monoisotopic (exact) mass is 241 g/mol. The lowest BCUT2D eigenvalue weighted by molar-refractivity contribution is -0.125. The fraction of sp³-hybridized carbons (Fsp3) is 0.923. The van der Waals surface area contributed by atoms with Crippen molar-refractivity contribution in [1.82, 2.24) is 15.5 Å². The number of amides is 1. The zero-order valence-corrected chi connectivity index (χ0v) is 11.5. The number of unbranched alkanes of at least 4 members (excludes halogenated alkanes) is 1. The number of piperidine rings is 1. The summed E-state index contributed by atoms with van der Waals surface area (Å²) in [5.74, 6) is 0.411. The maximum atomic E-state index is 11.8. The Hall–Kier alpha value is -0.610. The molecule has 0 spiro atoms. The smallest absolute Gasteiger partial charge is 0.224 e. The molecule has 0 bridgehead atoms. The Morgan fingerprint density at radius 2 is 2.12 bits per heavy atom. The van der Waals surface area contributed by atoms with Crippen LogP contribution in [0.25, 0.3) is 0 Å². The van der Waals surface area contributed by atoms with Crippen molar-refractivity contribution in [2.24, 2.45) is 5.92 Å². The number of carbonyl (C=O) groups excluding carboxylic acids is 1. The molecular formula is C13H27N3O. The van der Waals surface area contributed by atoms with E-state index in [0.717, 1.165) is 45.3 Å². The van der Waals surface area contributed by atoms with Gasteiger partial charge in [-0.05, 0) is 53.2 Å². The number of carbonyl (C=O) groups is 1. The van der Waals surface area contributed by atoms with Gasteiger partial charge in [-0.1, -0.05) is 0 Å². The first-order valence-electron chi connectivity index (χ1n) is 6.75. The SMILES string of the molecule is CC1CCC(C(=O)NCCCCN(C)C)CN1. The molecule has 0 saturated carbocycles. The lowest BCUT2D eigenvalue weighted by Gasteiger charge is -2.26. The van der Waals surface area contributed by atoms with Crippen LogP contribution in [0.1, 0.15) is 32.6 Å². The highest BCUT2D eigenvalue weighted by atomic mass is 16.1. The molecule has 2 N–H and O–H groups in total. The van der Waals surface area contributed by atoms with Gasteiger partial charge < -0.3 is 15.5 Å².